The molecule has 0 aliphatic carbocycles. The van der Waals surface area contributed by atoms with Gasteiger partial charge in [0.05, 0.1) is 0 Å². The van der Waals surface area contributed by atoms with E-state index in [2.05, 4.69) is 67.5 Å². The smallest absolute Gasteiger partial charge is 0.221 e. The molecule has 0 saturated heterocycles. The van der Waals surface area contributed by atoms with Crippen molar-refractivity contribution < 1.29 is 4.79 Å². The third kappa shape index (κ3) is 2.02. The summed E-state index contributed by atoms with van der Waals surface area (Å²) in [6, 6.07) is 14.6. The highest BCUT2D eigenvalue weighted by molar-refractivity contribution is 9.11. The first-order chi connectivity index (χ1) is 10.5. The summed E-state index contributed by atoms with van der Waals surface area (Å²) in [7, 11) is 0. The van der Waals surface area contributed by atoms with Crippen molar-refractivity contribution >= 4 is 75.8 Å². The van der Waals surface area contributed by atoms with E-state index in [9.17, 15) is 4.79 Å². The Morgan fingerprint density at radius 2 is 1.41 bits per heavy atom. The van der Waals surface area contributed by atoms with E-state index < -0.39 is 0 Å². The number of amides is 1. The van der Waals surface area contributed by atoms with Gasteiger partial charge in [-0.3, -0.25) is 4.79 Å². The highest BCUT2D eigenvalue weighted by atomic mass is 79.9. The number of nitrogens with one attached hydrogen (secondary N) is 1. The SMILES string of the molecule is CC(=O)Nc1cc2ccc3c(Br)cc(Br)c4ccc(c1)c2c34. The van der Waals surface area contributed by atoms with E-state index in [1.807, 2.05) is 12.1 Å². The van der Waals surface area contributed by atoms with Gasteiger partial charge >= 0.3 is 0 Å². The molecule has 0 atom stereocenters. The second kappa shape index (κ2) is 4.93. The molecule has 0 spiro atoms. The summed E-state index contributed by atoms with van der Waals surface area (Å²) in [5.41, 5.74) is 0.830. The summed E-state index contributed by atoms with van der Waals surface area (Å²) >= 11 is 7.30. The first-order valence-corrected chi connectivity index (χ1v) is 8.47. The number of rotatable bonds is 1. The van der Waals surface area contributed by atoms with Gasteiger partial charge < -0.3 is 5.32 Å². The number of hydrogen-bond acceptors (Lipinski definition) is 1. The van der Waals surface area contributed by atoms with E-state index in [0.717, 1.165) is 25.4 Å². The number of hydrogen-bond donors (Lipinski definition) is 1. The standard InChI is InChI=1S/C18H11Br2NO/c1-9(22)21-12-6-10-2-4-13-15(19)8-16(20)14-5-3-11(7-12)17(10)18(13)14/h2-8H,1H3,(H,21,22). The fourth-order valence-electron chi connectivity index (χ4n) is 3.11. The minimum atomic E-state index is -0.0571. The Hall–Kier alpha value is -1.65. The second-order valence-corrected chi connectivity index (χ2v) is 7.13. The normalized spacial score (nSPS) is 11.6. The predicted molar refractivity (Wildman–Crippen MR) is 99.8 cm³/mol. The zero-order valence-corrected chi connectivity index (χ0v) is 14.9. The van der Waals surface area contributed by atoms with E-state index in [1.54, 1.807) is 0 Å². The number of carbonyl (C=O) groups excluding carboxylic acids is 1. The third-order valence-corrected chi connectivity index (χ3v) is 5.25. The molecule has 1 N–H and O–H groups in total. The molecule has 0 radical (unpaired) electrons. The topological polar surface area (TPSA) is 29.1 Å². The molecule has 0 bridgehead atoms. The van der Waals surface area contributed by atoms with Gasteiger partial charge in [0.25, 0.3) is 0 Å². The molecule has 4 aromatic carbocycles. The first kappa shape index (κ1) is 14.0. The summed E-state index contributed by atoms with van der Waals surface area (Å²) in [6.07, 6.45) is 0. The van der Waals surface area contributed by atoms with Gasteiger partial charge in [0.2, 0.25) is 5.91 Å². The van der Waals surface area contributed by atoms with Crippen molar-refractivity contribution in [1.29, 1.82) is 0 Å². The maximum absolute atomic E-state index is 11.3. The Balaban J connectivity index is 2.19. The van der Waals surface area contributed by atoms with Crippen LogP contribution in [0.3, 0.4) is 0 Å². The molecule has 22 heavy (non-hydrogen) atoms. The highest BCUT2D eigenvalue weighted by Gasteiger charge is 2.13. The minimum absolute atomic E-state index is 0.0571. The number of benzene rings is 4. The molecule has 0 aromatic heterocycles. The summed E-state index contributed by atoms with van der Waals surface area (Å²) in [6.45, 7) is 1.53. The molecule has 0 fully saturated rings. The number of carbonyl (C=O) groups is 1. The van der Waals surface area contributed by atoms with Crippen LogP contribution in [0.2, 0.25) is 0 Å². The van der Waals surface area contributed by atoms with Gasteiger partial charge in [-0.1, -0.05) is 56.1 Å². The average Bonchev–Trinajstić information content (AvgIpc) is 2.45. The van der Waals surface area contributed by atoms with Gasteiger partial charge in [-0.2, -0.15) is 0 Å². The molecule has 4 aromatic rings. The van der Waals surface area contributed by atoms with Gasteiger partial charge in [0.15, 0.2) is 0 Å². The van der Waals surface area contributed by atoms with Gasteiger partial charge in [-0.15, -0.1) is 0 Å². The Kier molecular flexibility index (Phi) is 3.13. The molecule has 108 valence electrons. The summed E-state index contributed by atoms with van der Waals surface area (Å²) in [5.74, 6) is -0.0571. The lowest BCUT2D eigenvalue weighted by Gasteiger charge is -2.14. The van der Waals surface area contributed by atoms with Gasteiger partial charge in [0, 0.05) is 21.6 Å². The minimum Gasteiger partial charge on any atom is -0.326 e. The highest BCUT2D eigenvalue weighted by Crippen LogP contribution is 2.41. The zero-order valence-electron chi connectivity index (χ0n) is 11.7. The molecule has 0 unspecified atom stereocenters. The van der Waals surface area contributed by atoms with E-state index in [-0.39, 0.29) is 5.91 Å². The van der Waals surface area contributed by atoms with E-state index in [0.29, 0.717) is 0 Å². The Morgan fingerprint density at radius 1 is 0.864 bits per heavy atom. The third-order valence-electron chi connectivity index (χ3n) is 3.94. The van der Waals surface area contributed by atoms with Gasteiger partial charge in [0.1, 0.15) is 0 Å². The molecule has 0 heterocycles. The van der Waals surface area contributed by atoms with Crippen molar-refractivity contribution in [2.45, 2.75) is 6.92 Å². The molecule has 2 nitrogen and oxygen atoms in total. The van der Waals surface area contributed by atoms with Crippen LogP contribution in [0.4, 0.5) is 5.69 Å². The maximum atomic E-state index is 11.3. The monoisotopic (exact) mass is 415 g/mol. The Labute approximate surface area is 144 Å². The van der Waals surface area contributed by atoms with Crippen LogP contribution in [0.1, 0.15) is 6.92 Å². The van der Waals surface area contributed by atoms with Crippen molar-refractivity contribution in [3.8, 4) is 0 Å². The molecule has 4 heteroatoms. The van der Waals surface area contributed by atoms with Crippen LogP contribution in [-0.4, -0.2) is 5.91 Å². The Morgan fingerprint density at radius 3 is 1.91 bits per heavy atom. The maximum Gasteiger partial charge on any atom is 0.221 e. The largest absolute Gasteiger partial charge is 0.326 e. The van der Waals surface area contributed by atoms with Crippen LogP contribution in [0.5, 0.6) is 0 Å². The fraction of sp³-hybridized carbons (Fsp3) is 0.0556. The van der Waals surface area contributed by atoms with E-state index in [4.69, 9.17) is 0 Å². The van der Waals surface area contributed by atoms with Crippen LogP contribution in [0, 0.1) is 0 Å². The van der Waals surface area contributed by atoms with Crippen molar-refractivity contribution in [3.63, 3.8) is 0 Å². The Bertz CT molecular complexity index is 986. The lowest BCUT2D eigenvalue weighted by Crippen LogP contribution is -2.05. The molecule has 4 rings (SSSR count). The van der Waals surface area contributed by atoms with Gasteiger partial charge in [-0.05, 0) is 50.5 Å². The van der Waals surface area contributed by atoms with E-state index >= 15 is 0 Å². The number of anilines is 1. The quantitative estimate of drug-likeness (QED) is 0.375. The van der Waals surface area contributed by atoms with Crippen molar-refractivity contribution in [3.05, 3.63) is 51.4 Å². The fourth-order valence-corrected chi connectivity index (χ4v) is 4.53. The average molecular weight is 417 g/mol. The molecule has 0 aliphatic heterocycles. The molecular weight excluding hydrogens is 406 g/mol. The second-order valence-electron chi connectivity index (χ2n) is 5.42. The molecular formula is C18H11Br2NO. The summed E-state index contributed by atoms with van der Waals surface area (Å²) in [5, 5.41) is 9.99. The van der Waals surface area contributed by atoms with Crippen LogP contribution in [0.25, 0.3) is 32.3 Å². The zero-order chi connectivity index (χ0) is 15.4. The lowest BCUT2D eigenvalue weighted by molar-refractivity contribution is -0.114. The van der Waals surface area contributed by atoms with Crippen LogP contribution >= 0.6 is 31.9 Å². The van der Waals surface area contributed by atoms with Crippen molar-refractivity contribution in [2.75, 3.05) is 5.32 Å². The van der Waals surface area contributed by atoms with Gasteiger partial charge in [-0.25, -0.2) is 0 Å². The predicted octanol–water partition coefficient (Wildman–Crippen LogP) is 6.07. The van der Waals surface area contributed by atoms with Crippen molar-refractivity contribution in [1.82, 2.24) is 0 Å². The first-order valence-electron chi connectivity index (χ1n) is 6.89. The van der Waals surface area contributed by atoms with Crippen LogP contribution < -0.4 is 5.32 Å². The molecule has 0 aliphatic rings. The molecule has 1 amide bonds. The number of halogens is 2. The van der Waals surface area contributed by atoms with Crippen LogP contribution in [0.15, 0.2) is 51.4 Å². The van der Waals surface area contributed by atoms with Crippen LogP contribution in [-0.2, 0) is 4.79 Å². The summed E-state index contributed by atoms with van der Waals surface area (Å²) in [4.78, 5) is 11.3. The van der Waals surface area contributed by atoms with E-state index in [1.165, 1.54) is 28.5 Å². The summed E-state index contributed by atoms with van der Waals surface area (Å²) < 4.78 is 2.15. The lowest BCUT2D eigenvalue weighted by atomic mass is 9.94. The van der Waals surface area contributed by atoms with Crippen molar-refractivity contribution in [2.24, 2.45) is 0 Å². The molecule has 0 saturated carbocycles.